The van der Waals surface area contributed by atoms with Gasteiger partial charge in [-0.25, -0.2) is 0 Å². The highest BCUT2D eigenvalue weighted by Crippen LogP contribution is 2.50. The van der Waals surface area contributed by atoms with Crippen LogP contribution in [-0.4, -0.2) is 21.9 Å². The third-order valence-electron chi connectivity index (χ3n) is 5.23. The van der Waals surface area contributed by atoms with Crippen LogP contribution >= 0.6 is 0 Å². The van der Waals surface area contributed by atoms with Crippen LogP contribution in [0.4, 0.5) is 0 Å². The molecule has 0 amide bonds. The lowest BCUT2D eigenvalue weighted by molar-refractivity contribution is -0.113. The van der Waals surface area contributed by atoms with Crippen LogP contribution < -0.4 is 0 Å². The fourth-order valence-electron chi connectivity index (χ4n) is 3.72. The quantitative estimate of drug-likeness (QED) is 0.690. The largest absolute Gasteiger partial charge is 0.389 e. The molecule has 2 N–H and O–H groups in total. The Hall–Kier alpha value is -0.340. The van der Waals surface area contributed by atoms with E-state index in [9.17, 15) is 10.2 Å². The Morgan fingerprint density at radius 3 is 2.65 bits per heavy atom. The van der Waals surface area contributed by atoms with Crippen molar-refractivity contribution in [3.05, 3.63) is 11.6 Å². The minimum atomic E-state index is -0.571. The van der Waals surface area contributed by atoms with Crippen molar-refractivity contribution in [2.75, 3.05) is 0 Å². The predicted octanol–water partition coefficient (Wildman–Crippen LogP) is 2.75. The monoisotopic (exact) mass is 238 g/mol. The Bertz CT molecular complexity index is 321. The second-order valence-corrected chi connectivity index (χ2v) is 6.51. The summed E-state index contributed by atoms with van der Waals surface area (Å²) in [6.07, 6.45) is 4.65. The molecule has 2 heteroatoms. The average Bonchev–Trinajstić information content (AvgIpc) is 2.26. The van der Waals surface area contributed by atoms with Gasteiger partial charge in [0.1, 0.15) is 0 Å². The zero-order chi connectivity index (χ0) is 12.8. The summed E-state index contributed by atoms with van der Waals surface area (Å²) < 4.78 is 0. The molecule has 2 aliphatic rings. The first-order valence-electron chi connectivity index (χ1n) is 6.95. The number of fused-ring (bicyclic) bond motifs is 1. The maximum atomic E-state index is 10.9. The number of hydrogen-bond donors (Lipinski definition) is 2. The fraction of sp³-hybridized carbons (Fsp3) is 0.867. The van der Waals surface area contributed by atoms with Gasteiger partial charge in [0.05, 0.1) is 11.7 Å². The maximum absolute atomic E-state index is 10.9. The normalized spacial score (nSPS) is 46.6. The van der Waals surface area contributed by atoms with Crippen LogP contribution in [0, 0.1) is 23.7 Å². The number of rotatable bonds is 1. The summed E-state index contributed by atoms with van der Waals surface area (Å²) in [5.41, 5.74) is 0.470. The van der Waals surface area contributed by atoms with E-state index in [4.69, 9.17) is 0 Å². The Labute approximate surface area is 105 Å². The molecule has 0 aromatic heterocycles. The molecule has 2 nitrogen and oxygen atoms in total. The number of aliphatic hydroxyl groups excluding tert-OH is 1. The summed E-state index contributed by atoms with van der Waals surface area (Å²) in [4.78, 5) is 0. The van der Waals surface area contributed by atoms with Crippen molar-refractivity contribution in [3.8, 4) is 0 Å². The summed E-state index contributed by atoms with van der Waals surface area (Å²) in [5, 5.41) is 20.9. The zero-order valence-corrected chi connectivity index (χ0v) is 11.5. The number of aliphatic hydroxyl groups is 2. The van der Waals surface area contributed by atoms with Crippen LogP contribution in [-0.2, 0) is 0 Å². The lowest BCUT2D eigenvalue weighted by Crippen LogP contribution is -2.52. The van der Waals surface area contributed by atoms with Crippen molar-refractivity contribution >= 4 is 0 Å². The molecule has 0 radical (unpaired) electrons. The van der Waals surface area contributed by atoms with Crippen LogP contribution in [0.25, 0.3) is 0 Å². The first-order valence-corrected chi connectivity index (χ1v) is 6.95. The highest BCUT2D eigenvalue weighted by Gasteiger charge is 2.49. The van der Waals surface area contributed by atoms with E-state index in [-0.39, 0.29) is 17.9 Å². The molecule has 2 aliphatic carbocycles. The van der Waals surface area contributed by atoms with Gasteiger partial charge in [0, 0.05) is 5.92 Å². The van der Waals surface area contributed by atoms with Crippen molar-refractivity contribution in [2.24, 2.45) is 23.7 Å². The fourth-order valence-corrected chi connectivity index (χ4v) is 3.72. The molecular weight excluding hydrogens is 212 g/mol. The second-order valence-electron chi connectivity index (χ2n) is 6.51. The van der Waals surface area contributed by atoms with Crippen molar-refractivity contribution < 1.29 is 10.2 Å². The Morgan fingerprint density at radius 2 is 2.06 bits per heavy atom. The highest BCUT2D eigenvalue weighted by molar-refractivity contribution is 5.19. The van der Waals surface area contributed by atoms with Gasteiger partial charge in [0.25, 0.3) is 0 Å². The van der Waals surface area contributed by atoms with Crippen LogP contribution in [0.15, 0.2) is 11.6 Å². The molecule has 0 aromatic carbocycles. The molecule has 1 fully saturated rings. The molecule has 0 bridgehead atoms. The molecule has 2 rings (SSSR count). The first kappa shape index (κ1) is 13.1. The van der Waals surface area contributed by atoms with Crippen molar-refractivity contribution in [1.29, 1.82) is 0 Å². The lowest BCUT2D eigenvalue weighted by atomic mass is 9.57. The van der Waals surface area contributed by atoms with E-state index in [2.05, 4.69) is 26.8 Å². The van der Waals surface area contributed by atoms with Gasteiger partial charge in [-0.1, -0.05) is 26.8 Å². The Morgan fingerprint density at radius 1 is 1.41 bits per heavy atom. The lowest BCUT2D eigenvalue weighted by Gasteiger charge is -2.51. The molecule has 17 heavy (non-hydrogen) atoms. The topological polar surface area (TPSA) is 40.5 Å². The van der Waals surface area contributed by atoms with Crippen molar-refractivity contribution in [1.82, 2.24) is 0 Å². The Balaban J connectivity index is 2.36. The summed E-state index contributed by atoms with van der Waals surface area (Å²) in [5.74, 6) is 1.56. The van der Waals surface area contributed by atoms with Crippen LogP contribution in [0.2, 0.25) is 0 Å². The van der Waals surface area contributed by atoms with E-state index in [1.54, 1.807) is 0 Å². The molecule has 5 atom stereocenters. The second kappa shape index (κ2) is 4.40. The van der Waals surface area contributed by atoms with E-state index in [0.29, 0.717) is 11.8 Å². The van der Waals surface area contributed by atoms with Crippen LogP contribution in [0.1, 0.15) is 47.0 Å². The predicted molar refractivity (Wildman–Crippen MR) is 69.5 cm³/mol. The van der Waals surface area contributed by atoms with Crippen LogP contribution in [0.3, 0.4) is 0 Å². The van der Waals surface area contributed by atoms with E-state index in [0.717, 1.165) is 24.8 Å². The van der Waals surface area contributed by atoms with E-state index in [1.807, 2.05) is 6.92 Å². The van der Waals surface area contributed by atoms with Crippen molar-refractivity contribution in [2.45, 2.75) is 58.7 Å². The molecule has 1 saturated carbocycles. The van der Waals surface area contributed by atoms with Gasteiger partial charge in [-0.2, -0.15) is 0 Å². The van der Waals surface area contributed by atoms with Gasteiger partial charge >= 0.3 is 0 Å². The highest BCUT2D eigenvalue weighted by atomic mass is 16.3. The van der Waals surface area contributed by atoms with Gasteiger partial charge in [0.15, 0.2) is 0 Å². The van der Waals surface area contributed by atoms with Gasteiger partial charge in [-0.3, -0.25) is 0 Å². The summed E-state index contributed by atoms with van der Waals surface area (Å²) in [7, 11) is 0. The molecule has 0 saturated heterocycles. The summed E-state index contributed by atoms with van der Waals surface area (Å²) >= 11 is 0. The smallest absolute Gasteiger partial charge is 0.0750 e. The third kappa shape index (κ3) is 2.06. The minimum Gasteiger partial charge on any atom is -0.389 e. The average molecular weight is 238 g/mol. The molecule has 0 spiro atoms. The zero-order valence-electron chi connectivity index (χ0n) is 11.5. The third-order valence-corrected chi connectivity index (χ3v) is 5.23. The van der Waals surface area contributed by atoms with Gasteiger partial charge in [0.2, 0.25) is 0 Å². The van der Waals surface area contributed by atoms with Gasteiger partial charge in [-0.05, 0) is 49.5 Å². The van der Waals surface area contributed by atoms with E-state index in [1.165, 1.54) is 0 Å². The molecule has 0 aromatic rings. The molecular formula is C15H26O2. The number of hydrogen-bond acceptors (Lipinski definition) is 2. The van der Waals surface area contributed by atoms with Crippen LogP contribution in [0.5, 0.6) is 0 Å². The summed E-state index contributed by atoms with van der Waals surface area (Å²) in [6.45, 7) is 8.47. The Kier molecular flexibility index (Phi) is 3.39. The van der Waals surface area contributed by atoms with Gasteiger partial charge in [-0.15, -0.1) is 0 Å². The summed E-state index contributed by atoms with van der Waals surface area (Å²) in [6, 6.07) is 0. The first-order chi connectivity index (χ1) is 7.86. The molecule has 98 valence electrons. The van der Waals surface area contributed by atoms with E-state index < -0.39 is 5.60 Å². The SMILES string of the molecule is CC1=CC2C(CC1O)C(C)CCC2(O)C(C)C. The van der Waals surface area contributed by atoms with Gasteiger partial charge < -0.3 is 10.2 Å². The molecule has 5 unspecified atom stereocenters. The minimum absolute atomic E-state index is 0.231. The molecule has 0 aliphatic heterocycles. The van der Waals surface area contributed by atoms with Crippen molar-refractivity contribution in [3.63, 3.8) is 0 Å². The van der Waals surface area contributed by atoms with E-state index >= 15 is 0 Å². The standard InChI is InChI=1S/C15H26O2/c1-9(2)15(17)6-5-10(3)12-8-14(16)11(4)7-13(12)15/h7,9-10,12-14,16-17H,5-6,8H2,1-4H3. The molecule has 0 heterocycles. The maximum Gasteiger partial charge on any atom is 0.0750 e.